The van der Waals surface area contributed by atoms with Gasteiger partial charge in [-0.25, -0.2) is 0 Å². The third-order valence-electron chi connectivity index (χ3n) is 12.9. The van der Waals surface area contributed by atoms with Crippen LogP contribution in [0.2, 0.25) is 0 Å². The molecule has 8 unspecified atom stereocenters. The Balaban J connectivity index is 1.54. The Morgan fingerprint density at radius 1 is 0.912 bits per heavy atom. The first-order valence-corrected chi connectivity index (χ1v) is 14.3. The van der Waals surface area contributed by atoms with E-state index in [1.807, 2.05) is 0 Å². The number of carbonyl (C=O) groups is 1. The van der Waals surface area contributed by atoms with Gasteiger partial charge in [-0.05, 0) is 108 Å². The third kappa shape index (κ3) is 2.95. The predicted molar refractivity (Wildman–Crippen MR) is 140 cm³/mol. The molecule has 3 saturated carbocycles. The molecule has 5 rings (SSSR count). The lowest BCUT2D eigenvalue weighted by atomic mass is 9.38. The van der Waals surface area contributed by atoms with Crippen molar-refractivity contribution in [3.63, 3.8) is 0 Å². The highest BCUT2D eigenvalue weighted by atomic mass is 16.5. The Morgan fingerprint density at radius 3 is 2.26 bits per heavy atom. The summed E-state index contributed by atoms with van der Waals surface area (Å²) in [5.41, 5.74) is 4.68. The molecule has 5 aliphatic carbocycles. The molecule has 0 aromatic carbocycles. The van der Waals surface area contributed by atoms with Crippen LogP contribution >= 0.6 is 0 Å². The largest absolute Gasteiger partial charge is 0.462 e. The number of esters is 1. The van der Waals surface area contributed by atoms with E-state index in [2.05, 4.69) is 67.5 Å². The van der Waals surface area contributed by atoms with Gasteiger partial charge in [-0.15, -0.1) is 0 Å². The summed E-state index contributed by atoms with van der Waals surface area (Å²) < 4.78 is 5.87. The third-order valence-corrected chi connectivity index (χ3v) is 12.9. The summed E-state index contributed by atoms with van der Waals surface area (Å²) in [6.45, 7) is 21.7. The quantitative estimate of drug-likeness (QED) is 0.381. The van der Waals surface area contributed by atoms with Crippen LogP contribution in [-0.2, 0) is 9.53 Å². The van der Waals surface area contributed by atoms with Crippen LogP contribution in [0.15, 0.2) is 23.3 Å². The molecular weight excluding hydrogens is 416 g/mol. The van der Waals surface area contributed by atoms with Gasteiger partial charge >= 0.3 is 5.97 Å². The normalized spacial score (nSPS) is 49.2. The zero-order valence-electron chi connectivity index (χ0n) is 23.5. The Bertz CT molecular complexity index is 939. The smallest absolute Gasteiger partial charge is 0.302 e. The lowest BCUT2D eigenvalue weighted by Crippen LogP contribution is -2.59. The molecule has 0 saturated heterocycles. The van der Waals surface area contributed by atoms with Crippen LogP contribution in [0, 0.1) is 50.7 Å². The lowest BCUT2D eigenvalue weighted by molar-refractivity contribution is -0.166. The molecule has 0 aromatic heterocycles. The molecule has 190 valence electrons. The van der Waals surface area contributed by atoms with Gasteiger partial charge in [0.15, 0.2) is 0 Å². The standard InChI is InChI=1S/C32H50O2/c1-20(2)22-10-13-26-30(22,7)18-19-31(8)24-11-12-25-28(4,5)27(34-21(3)33)15-16-29(25,6)23(24)14-17-32(26,31)9/h11,14,20,22,25-27H,10,12-13,15-19H2,1-9H3. The summed E-state index contributed by atoms with van der Waals surface area (Å²) in [7, 11) is 0. The van der Waals surface area contributed by atoms with Crippen molar-refractivity contribution < 1.29 is 9.53 Å². The fraction of sp³-hybridized carbons (Fsp3) is 0.844. The SMILES string of the molecule is CC(=O)OC1CCC2(C)C3=CCC4(C)C5CCC(C(C)C)C5(C)CCC4(C)C3=CCC2C1(C)C. The van der Waals surface area contributed by atoms with E-state index < -0.39 is 0 Å². The maximum atomic E-state index is 11.8. The summed E-state index contributed by atoms with van der Waals surface area (Å²) in [4.78, 5) is 11.8. The maximum absolute atomic E-state index is 11.8. The average Bonchev–Trinajstić information content (AvgIpc) is 3.10. The van der Waals surface area contributed by atoms with E-state index in [4.69, 9.17) is 4.74 Å². The molecule has 5 aliphatic rings. The van der Waals surface area contributed by atoms with E-state index >= 15 is 0 Å². The molecule has 0 aliphatic heterocycles. The van der Waals surface area contributed by atoms with Crippen molar-refractivity contribution in [2.75, 3.05) is 0 Å². The summed E-state index contributed by atoms with van der Waals surface area (Å²) >= 11 is 0. The van der Waals surface area contributed by atoms with Gasteiger partial charge in [-0.2, -0.15) is 0 Å². The summed E-state index contributed by atoms with van der Waals surface area (Å²) in [6, 6.07) is 0. The van der Waals surface area contributed by atoms with Crippen LogP contribution in [0.5, 0.6) is 0 Å². The number of fused-ring (bicyclic) bond motifs is 7. The number of carbonyl (C=O) groups excluding carboxylic acids is 1. The van der Waals surface area contributed by atoms with Crippen LogP contribution < -0.4 is 0 Å². The second-order valence-corrected chi connectivity index (χ2v) is 14.8. The second kappa shape index (κ2) is 7.48. The van der Waals surface area contributed by atoms with Crippen LogP contribution in [0.25, 0.3) is 0 Å². The second-order valence-electron chi connectivity index (χ2n) is 14.8. The molecule has 0 N–H and O–H groups in total. The number of hydrogen-bond acceptors (Lipinski definition) is 2. The van der Waals surface area contributed by atoms with Gasteiger partial charge in [0.1, 0.15) is 6.10 Å². The molecular formula is C32H50O2. The van der Waals surface area contributed by atoms with Gasteiger partial charge in [0.25, 0.3) is 0 Å². The van der Waals surface area contributed by atoms with Crippen molar-refractivity contribution in [2.24, 2.45) is 50.7 Å². The highest BCUT2D eigenvalue weighted by molar-refractivity contribution is 5.66. The average molecular weight is 467 g/mol. The van der Waals surface area contributed by atoms with Gasteiger partial charge < -0.3 is 4.74 Å². The Kier molecular flexibility index (Phi) is 5.42. The Hall–Kier alpha value is -1.05. The predicted octanol–water partition coefficient (Wildman–Crippen LogP) is 8.52. The molecule has 0 heterocycles. The van der Waals surface area contributed by atoms with E-state index in [9.17, 15) is 4.79 Å². The molecule has 0 spiro atoms. The van der Waals surface area contributed by atoms with E-state index in [1.165, 1.54) is 32.1 Å². The highest BCUT2D eigenvalue weighted by Crippen LogP contribution is 2.75. The van der Waals surface area contributed by atoms with Crippen LogP contribution in [-0.4, -0.2) is 12.1 Å². The molecule has 0 aromatic rings. The molecule has 0 radical (unpaired) electrons. The molecule has 0 amide bonds. The van der Waals surface area contributed by atoms with Crippen molar-refractivity contribution in [1.29, 1.82) is 0 Å². The molecule has 34 heavy (non-hydrogen) atoms. The molecule has 2 heteroatoms. The molecule has 3 fully saturated rings. The fourth-order valence-corrected chi connectivity index (χ4v) is 10.9. The molecule has 8 atom stereocenters. The van der Waals surface area contributed by atoms with Crippen molar-refractivity contribution in [2.45, 2.75) is 120 Å². The summed E-state index contributed by atoms with van der Waals surface area (Å²) in [5, 5.41) is 0. The van der Waals surface area contributed by atoms with Gasteiger partial charge in [0.05, 0.1) is 0 Å². The highest BCUT2D eigenvalue weighted by Gasteiger charge is 2.67. The van der Waals surface area contributed by atoms with Crippen molar-refractivity contribution in [1.82, 2.24) is 0 Å². The van der Waals surface area contributed by atoms with E-state index in [0.717, 1.165) is 37.0 Å². The van der Waals surface area contributed by atoms with E-state index in [0.29, 0.717) is 16.7 Å². The summed E-state index contributed by atoms with van der Waals surface area (Å²) in [6.07, 6.45) is 15.4. The molecule has 0 bridgehead atoms. The van der Waals surface area contributed by atoms with Gasteiger partial charge in [0.2, 0.25) is 0 Å². The fourth-order valence-electron chi connectivity index (χ4n) is 10.9. The van der Waals surface area contributed by atoms with Crippen molar-refractivity contribution in [3.8, 4) is 0 Å². The van der Waals surface area contributed by atoms with E-state index in [1.54, 1.807) is 18.1 Å². The number of hydrogen-bond donors (Lipinski definition) is 0. The number of ether oxygens (including phenoxy) is 1. The zero-order valence-corrected chi connectivity index (χ0v) is 23.5. The molecule has 2 nitrogen and oxygen atoms in total. The van der Waals surface area contributed by atoms with Gasteiger partial charge in [0, 0.05) is 12.3 Å². The van der Waals surface area contributed by atoms with E-state index in [-0.39, 0.29) is 28.3 Å². The van der Waals surface area contributed by atoms with Gasteiger partial charge in [-0.1, -0.05) is 67.5 Å². The lowest BCUT2D eigenvalue weighted by Gasteiger charge is -2.66. The first-order chi connectivity index (χ1) is 15.7. The summed E-state index contributed by atoms with van der Waals surface area (Å²) in [5.74, 6) is 2.89. The van der Waals surface area contributed by atoms with Crippen LogP contribution in [0.4, 0.5) is 0 Å². The van der Waals surface area contributed by atoms with Gasteiger partial charge in [-0.3, -0.25) is 4.79 Å². The monoisotopic (exact) mass is 466 g/mol. The Labute approximate surface area is 209 Å². The minimum Gasteiger partial charge on any atom is -0.462 e. The minimum atomic E-state index is -0.129. The first-order valence-electron chi connectivity index (χ1n) is 14.3. The van der Waals surface area contributed by atoms with Crippen molar-refractivity contribution in [3.05, 3.63) is 23.3 Å². The number of allylic oxidation sites excluding steroid dienone is 4. The van der Waals surface area contributed by atoms with Crippen molar-refractivity contribution >= 4 is 5.97 Å². The van der Waals surface area contributed by atoms with Crippen LogP contribution in [0.1, 0.15) is 114 Å². The minimum absolute atomic E-state index is 0.00965. The first kappa shape index (κ1) is 24.6. The zero-order chi connectivity index (χ0) is 24.9. The van der Waals surface area contributed by atoms with Crippen LogP contribution in [0.3, 0.4) is 0 Å². The maximum Gasteiger partial charge on any atom is 0.302 e. The Morgan fingerprint density at radius 2 is 1.62 bits per heavy atom. The number of rotatable bonds is 2. The topological polar surface area (TPSA) is 26.3 Å².